The Labute approximate surface area is 141 Å². The van der Waals surface area contributed by atoms with Crippen molar-refractivity contribution in [2.24, 2.45) is 0 Å². The third-order valence-electron chi connectivity index (χ3n) is 2.63. The van der Waals surface area contributed by atoms with E-state index in [9.17, 15) is 9.59 Å². The number of nitrogens with one attached hydrogen (secondary N) is 1. The van der Waals surface area contributed by atoms with E-state index in [-0.39, 0.29) is 21.5 Å². The molecule has 1 heterocycles. The maximum absolute atomic E-state index is 12.0. The SMILES string of the molecule is C[C@H](OC(=O)c1ccco1)C(=O)Nc1c(Cl)cc(Cl)cc1Cl. The average molecular weight is 363 g/mol. The van der Waals surface area contributed by atoms with E-state index < -0.39 is 18.0 Å². The molecule has 8 heteroatoms. The van der Waals surface area contributed by atoms with Crippen LogP contribution in [0.2, 0.25) is 15.1 Å². The number of ether oxygens (including phenoxy) is 1. The summed E-state index contributed by atoms with van der Waals surface area (Å²) in [6.45, 7) is 1.41. The standard InChI is InChI=1S/C14H10Cl3NO4/c1-7(22-14(20)11-3-2-4-21-11)13(19)18-12-9(16)5-8(15)6-10(12)17/h2-7H,1H3,(H,18,19)/t7-/m0/s1. The zero-order valence-corrected chi connectivity index (χ0v) is 13.5. The Morgan fingerprint density at radius 2 is 1.86 bits per heavy atom. The molecule has 1 aromatic carbocycles. The Morgan fingerprint density at radius 3 is 2.41 bits per heavy atom. The molecule has 0 saturated carbocycles. The first kappa shape index (κ1) is 16.7. The van der Waals surface area contributed by atoms with Crippen LogP contribution in [0.15, 0.2) is 34.9 Å². The summed E-state index contributed by atoms with van der Waals surface area (Å²) < 4.78 is 9.86. The van der Waals surface area contributed by atoms with Crippen LogP contribution in [0.1, 0.15) is 17.5 Å². The molecule has 5 nitrogen and oxygen atoms in total. The summed E-state index contributed by atoms with van der Waals surface area (Å²) >= 11 is 17.7. The van der Waals surface area contributed by atoms with Crippen LogP contribution in [0.3, 0.4) is 0 Å². The van der Waals surface area contributed by atoms with Gasteiger partial charge in [-0.15, -0.1) is 0 Å². The van der Waals surface area contributed by atoms with E-state index in [0.29, 0.717) is 5.02 Å². The van der Waals surface area contributed by atoms with Gasteiger partial charge in [0.15, 0.2) is 6.10 Å². The molecule has 1 atom stereocenters. The van der Waals surface area contributed by atoms with Crippen LogP contribution in [0.25, 0.3) is 0 Å². The molecule has 0 aliphatic rings. The number of carbonyl (C=O) groups is 2. The lowest BCUT2D eigenvalue weighted by atomic mass is 10.3. The molecule has 0 bridgehead atoms. The van der Waals surface area contributed by atoms with Crippen molar-refractivity contribution in [3.05, 3.63) is 51.4 Å². The van der Waals surface area contributed by atoms with E-state index in [0.717, 1.165) is 0 Å². The van der Waals surface area contributed by atoms with Gasteiger partial charge in [-0.2, -0.15) is 0 Å². The molecule has 1 amide bonds. The van der Waals surface area contributed by atoms with Crippen molar-refractivity contribution in [3.8, 4) is 0 Å². The molecule has 1 N–H and O–H groups in total. The van der Waals surface area contributed by atoms with Crippen LogP contribution in [-0.4, -0.2) is 18.0 Å². The summed E-state index contributed by atoms with van der Waals surface area (Å²) in [4.78, 5) is 23.7. The van der Waals surface area contributed by atoms with Gasteiger partial charge in [-0.1, -0.05) is 34.8 Å². The lowest BCUT2D eigenvalue weighted by molar-refractivity contribution is -0.123. The zero-order valence-electron chi connectivity index (χ0n) is 11.2. The Bertz CT molecular complexity index is 677. The smallest absolute Gasteiger partial charge is 0.374 e. The van der Waals surface area contributed by atoms with Crippen molar-refractivity contribution in [2.75, 3.05) is 5.32 Å². The third kappa shape index (κ3) is 3.94. The van der Waals surface area contributed by atoms with E-state index in [1.807, 2.05) is 0 Å². The highest BCUT2D eigenvalue weighted by Gasteiger charge is 2.22. The van der Waals surface area contributed by atoms with Crippen molar-refractivity contribution >= 4 is 52.4 Å². The van der Waals surface area contributed by atoms with Gasteiger partial charge in [0.25, 0.3) is 5.91 Å². The summed E-state index contributed by atoms with van der Waals surface area (Å²) in [6, 6.07) is 5.84. The van der Waals surface area contributed by atoms with Gasteiger partial charge < -0.3 is 14.5 Å². The van der Waals surface area contributed by atoms with E-state index in [1.54, 1.807) is 0 Å². The number of furan rings is 1. The van der Waals surface area contributed by atoms with Gasteiger partial charge in [0.05, 0.1) is 22.0 Å². The van der Waals surface area contributed by atoms with Gasteiger partial charge in [-0.3, -0.25) is 4.79 Å². The molecule has 2 rings (SSSR count). The number of halogens is 3. The Balaban J connectivity index is 2.04. The second-order valence-electron chi connectivity index (χ2n) is 4.26. The van der Waals surface area contributed by atoms with Gasteiger partial charge in [-0.05, 0) is 31.2 Å². The first-order chi connectivity index (χ1) is 10.4. The molecule has 116 valence electrons. The third-order valence-corrected chi connectivity index (χ3v) is 3.44. The maximum atomic E-state index is 12.0. The number of hydrogen-bond acceptors (Lipinski definition) is 4. The van der Waals surface area contributed by atoms with Gasteiger partial charge in [0, 0.05) is 5.02 Å². The van der Waals surface area contributed by atoms with E-state index in [1.165, 1.54) is 37.5 Å². The van der Waals surface area contributed by atoms with Crippen LogP contribution in [0.5, 0.6) is 0 Å². The number of carbonyl (C=O) groups excluding carboxylic acids is 2. The van der Waals surface area contributed by atoms with Gasteiger partial charge >= 0.3 is 5.97 Å². The highest BCUT2D eigenvalue weighted by atomic mass is 35.5. The van der Waals surface area contributed by atoms with Crippen LogP contribution in [-0.2, 0) is 9.53 Å². The molecule has 0 unspecified atom stereocenters. The zero-order chi connectivity index (χ0) is 16.3. The highest BCUT2D eigenvalue weighted by molar-refractivity contribution is 6.42. The molecule has 0 spiro atoms. The summed E-state index contributed by atoms with van der Waals surface area (Å²) in [5, 5.41) is 3.18. The number of anilines is 1. The summed E-state index contributed by atoms with van der Waals surface area (Å²) in [5.41, 5.74) is 0.193. The average Bonchev–Trinajstić information content (AvgIpc) is 2.96. The van der Waals surface area contributed by atoms with Crippen LogP contribution in [0.4, 0.5) is 5.69 Å². The van der Waals surface area contributed by atoms with Gasteiger partial charge in [0.2, 0.25) is 5.76 Å². The fourth-order valence-corrected chi connectivity index (χ4v) is 2.46. The molecule has 0 aliphatic carbocycles. The van der Waals surface area contributed by atoms with Gasteiger partial charge in [0.1, 0.15) is 0 Å². The Kier molecular flexibility index (Phi) is 5.34. The molecule has 0 saturated heterocycles. The first-order valence-corrected chi connectivity index (χ1v) is 7.21. The van der Waals surface area contributed by atoms with Crippen molar-refractivity contribution < 1.29 is 18.7 Å². The lowest BCUT2D eigenvalue weighted by Crippen LogP contribution is -2.30. The highest BCUT2D eigenvalue weighted by Crippen LogP contribution is 2.33. The van der Waals surface area contributed by atoms with E-state index >= 15 is 0 Å². The number of benzene rings is 1. The molecule has 0 radical (unpaired) electrons. The predicted octanol–water partition coefficient (Wildman–Crippen LogP) is 4.42. The minimum Gasteiger partial charge on any atom is -0.457 e. The van der Waals surface area contributed by atoms with Crippen LogP contribution < -0.4 is 5.32 Å². The van der Waals surface area contributed by atoms with E-state index in [2.05, 4.69) is 5.32 Å². The number of amides is 1. The van der Waals surface area contributed by atoms with Gasteiger partial charge in [-0.25, -0.2) is 4.79 Å². The van der Waals surface area contributed by atoms with Crippen molar-refractivity contribution in [3.63, 3.8) is 0 Å². The summed E-state index contributed by atoms with van der Waals surface area (Å²) in [7, 11) is 0. The molecular formula is C14H10Cl3NO4. The fraction of sp³-hybridized carbons (Fsp3) is 0.143. The summed E-state index contributed by atoms with van der Waals surface area (Å²) in [6.07, 6.45) is 0.259. The minimum atomic E-state index is -1.07. The first-order valence-electron chi connectivity index (χ1n) is 6.08. The normalized spacial score (nSPS) is 11.8. The van der Waals surface area contributed by atoms with Crippen LogP contribution >= 0.6 is 34.8 Å². The summed E-state index contributed by atoms with van der Waals surface area (Å²) in [5.74, 6) is -1.34. The second kappa shape index (κ2) is 7.05. The van der Waals surface area contributed by atoms with Crippen LogP contribution in [0, 0.1) is 0 Å². The molecule has 0 aliphatic heterocycles. The van der Waals surface area contributed by atoms with E-state index in [4.69, 9.17) is 44.0 Å². The maximum Gasteiger partial charge on any atom is 0.374 e. The number of esters is 1. The lowest BCUT2D eigenvalue weighted by Gasteiger charge is -2.14. The predicted molar refractivity (Wildman–Crippen MR) is 83.7 cm³/mol. The minimum absolute atomic E-state index is 0.00204. The number of hydrogen-bond donors (Lipinski definition) is 1. The molecule has 0 fully saturated rings. The molecular weight excluding hydrogens is 353 g/mol. The second-order valence-corrected chi connectivity index (χ2v) is 5.51. The van der Waals surface area contributed by atoms with Crippen molar-refractivity contribution in [1.29, 1.82) is 0 Å². The molecule has 1 aromatic heterocycles. The fourth-order valence-electron chi connectivity index (χ4n) is 1.55. The Hall–Kier alpha value is -1.69. The molecule has 2 aromatic rings. The largest absolute Gasteiger partial charge is 0.457 e. The number of rotatable bonds is 4. The topological polar surface area (TPSA) is 68.5 Å². The van der Waals surface area contributed by atoms with Crippen molar-refractivity contribution in [1.82, 2.24) is 0 Å². The quantitative estimate of drug-likeness (QED) is 0.817. The monoisotopic (exact) mass is 361 g/mol. The van der Waals surface area contributed by atoms with Crippen molar-refractivity contribution in [2.45, 2.75) is 13.0 Å². The Morgan fingerprint density at radius 1 is 1.23 bits per heavy atom. The molecule has 22 heavy (non-hydrogen) atoms.